The van der Waals surface area contributed by atoms with E-state index in [1.54, 1.807) is 7.11 Å². The van der Waals surface area contributed by atoms with Crippen LogP contribution in [-0.4, -0.2) is 7.11 Å². The van der Waals surface area contributed by atoms with E-state index in [0.717, 1.165) is 5.75 Å². The zero-order valence-electron chi connectivity index (χ0n) is 6.55. The normalized spacial score (nSPS) is 25.9. The standard InChI is InChI=1S/C9H8Br2O/c1-12-6-4-2-3-5-7(6)9(11)8(5)10/h2-4,8-9H,1H3. The molecule has 1 nitrogen and oxygen atoms in total. The van der Waals surface area contributed by atoms with Crippen molar-refractivity contribution in [2.24, 2.45) is 0 Å². The summed E-state index contributed by atoms with van der Waals surface area (Å²) in [4.78, 5) is 0.825. The lowest BCUT2D eigenvalue weighted by Gasteiger charge is -2.33. The van der Waals surface area contributed by atoms with Gasteiger partial charge < -0.3 is 4.74 Å². The topological polar surface area (TPSA) is 9.23 Å². The monoisotopic (exact) mass is 290 g/mol. The first-order chi connectivity index (χ1) is 5.75. The molecule has 0 heterocycles. The van der Waals surface area contributed by atoms with E-state index in [2.05, 4.69) is 37.9 Å². The molecule has 0 radical (unpaired) electrons. The van der Waals surface area contributed by atoms with E-state index in [9.17, 15) is 0 Å². The highest BCUT2D eigenvalue weighted by molar-refractivity contribution is 9.12. The van der Waals surface area contributed by atoms with Gasteiger partial charge in [-0.3, -0.25) is 0 Å². The number of rotatable bonds is 1. The number of hydrogen-bond acceptors (Lipinski definition) is 1. The molecule has 0 bridgehead atoms. The van der Waals surface area contributed by atoms with Crippen molar-refractivity contribution in [1.82, 2.24) is 0 Å². The Kier molecular flexibility index (Phi) is 2.17. The number of alkyl halides is 2. The van der Waals surface area contributed by atoms with E-state index in [-0.39, 0.29) is 0 Å². The van der Waals surface area contributed by atoms with Crippen molar-refractivity contribution in [1.29, 1.82) is 0 Å². The van der Waals surface area contributed by atoms with Crippen molar-refractivity contribution < 1.29 is 4.74 Å². The van der Waals surface area contributed by atoms with Gasteiger partial charge in [0.15, 0.2) is 0 Å². The molecule has 2 unspecified atom stereocenters. The van der Waals surface area contributed by atoms with E-state index in [4.69, 9.17) is 4.74 Å². The lowest BCUT2D eigenvalue weighted by molar-refractivity contribution is 0.405. The van der Waals surface area contributed by atoms with E-state index in [1.165, 1.54) is 11.1 Å². The smallest absolute Gasteiger partial charge is 0.123 e. The van der Waals surface area contributed by atoms with Crippen molar-refractivity contribution in [2.45, 2.75) is 9.65 Å². The van der Waals surface area contributed by atoms with Gasteiger partial charge in [0.2, 0.25) is 0 Å². The van der Waals surface area contributed by atoms with Gasteiger partial charge >= 0.3 is 0 Å². The molecule has 2 atom stereocenters. The maximum absolute atomic E-state index is 5.24. The summed E-state index contributed by atoms with van der Waals surface area (Å²) in [6.45, 7) is 0. The quantitative estimate of drug-likeness (QED) is 0.719. The molecule has 64 valence electrons. The molecule has 0 saturated carbocycles. The average Bonchev–Trinajstić information content (AvgIpc) is 2.15. The summed E-state index contributed by atoms with van der Waals surface area (Å²) in [7, 11) is 1.71. The Labute approximate surface area is 88.4 Å². The minimum absolute atomic E-state index is 0.392. The van der Waals surface area contributed by atoms with Crippen LogP contribution in [0.1, 0.15) is 20.8 Å². The number of hydrogen-bond donors (Lipinski definition) is 0. The van der Waals surface area contributed by atoms with Gasteiger partial charge in [-0.15, -0.1) is 0 Å². The molecule has 1 aromatic rings. The summed E-state index contributed by atoms with van der Waals surface area (Å²) in [5, 5.41) is 0. The second-order valence-electron chi connectivity index (χ2n) is 2.77. The molecule has 0 fully saturated rings. The number of benzene rings is 1. The predicted molar refractivity (Wildman–Crippen MR) is 56.3 cm³/mol. The maximum Gasteiger partial charge on any atom is 0.123 e. The molecular weight excluding hydrogens is 284 g/mol. The van der Waals surface area contributed by atoms with Crippen molar-refractivity contribution in [3.05, 3.63) is 29.3 Å². The van der Waals surface area contributed by atoms with Gasteiger partial charge in [-0.2, -0.15) is 0 Å². The molecule has 0 saturated heterocycles. The first kappa shape index (κ1) is 8.57. The molecular formula is C9H8Br2O. The zero-order valence-corrected chi connectivity index (χ0v) is 9.72. The summed E-state index contributed by atoms with van der Waals surface area (Å²) in [6, 6.07) is 6.13. The van der Waals surface area contributed by atoms with Crippen molar-refractivity contribution in [2.75, 3.05) is 7.11 Å². The van der Waals surface area contributed by atoms with Crippen LogP contribution in [0.4, 0.5) is 0 Å². The first-order valence-corrected chi connectivity index (χ1v) is 5.53. The second-order valence-corrected chi connectivity index (χ2v) is 4.74. The van der Waals surface area contributed by atoms with Gasteiger partial charge in [0, 0.05) is 5.56 Å². The molecule has 0 spiro atoms. The van der Waals surface area contributed by atoms with E-state index in [1.807, 2.05) is 12.1 Å². The minimum Gasteiger partial charge on any atom is -0.496 e. The molecule has 0 amide bonds. The zero-order chi connectivity index (χ0) is 8.72. The number of fused-ring (bicyclic) bond motifs is 1. The van der Waals surface area contributed by atoms with E-state index < -0.39 is 0 Å². The summed E-state index contributed by atoms with van der Waals surface area (Å²) in [5.41, 5.74) is 2.61. The van der Waals surface area contributed by atoms with Crippen LogP contribution >= 0.6 is 31.9 Å². The Morgan fingerprint density at radius 1 is 1.25 bits per heavy atom. The lowest BCUT2D eigenvalue weighted by atomic mass is 9.87. The molecule has 1 aliphatic rings. The summed E-state index contributed by atoms with van der Waals surface area (Å²) >= 11 is 7.17. The molecule has 3 heteroatoms. The SMILES string of the molecule is COc1cccc2c1C(Br)C2Br. The third-order valence-electron chi connectivity index (χ3n) is 2.15. The second kappa shape index (κ2) is 3.04. The molecule has 0 aromatic heterocycles. The van der Waals surface area contributed by atoms with Crippen molar-refractivity contribution >= 4 is 31.9 Å². The first-order valence-electron chi connectivity index (χ1n) is 3.70. The molecule has 0 N–H and O–H groups in total. The van der Waals surface area contributed by atoms with E-state index >= 15 is 0 Å². The Hall–Kier alpha value is -0.0200. The minimum atomic E-state index is 0.392. The fourth-order valence-electron chi connectivity index (χ4n) is 1.48. The molecule has 1 aromatic carbocycles. The van der Waals surface area contributed by atoms with Crippen LogP contribution < -0.4 is 4.74 Å². The Morgan fingerprint density at radius 3 is 2.67 bits per heavy atom. The van der Waals surface area contributed by atoms with Crippen molar-refractivity contribution in [3.63, 3.8) is 0 Å². The molecule has 1 aliphatic carbocycles. The Balaban J connectivity index is 2.51. The van der Waals surface area contributed by atoms with Crippen molar-refractivity contribution in [3.8, 4) is 5.75 Å². The summed E-state index contributed by atoms with van der Waals surface area (Å²) < 4.78 is 5.24. The number of methoxy groups -OCH3 is 1. The van der Waals surface area contributed by atoms with Gasteiger partial charge in [0.05, 0.1) is 16.8 Å². The number of ether oxygens (including phenoxy) is 1. The summed E-state index contributed by atoms with van der Waals surface area (Å²) in [5.74, 6) is 0.977. The lowest BCUT2D eigenvalue weighted by Crippen LogP contribution is -2.15. The van der Waals surface area contributed by atoms with Gasteiger partial charge in [-0.25, -0.2) is 0 Å². The van der Waals surface area contributed by atoms with Crippen LogP contribution in [0, 0.1) is 0 Å². The van der Waals surface area contributed by atoms with Crippen LogP contribution in [-0.2, 0) is 0 Å². The Morgan fingerprint density at radius 2 is 2.00 bits per heavy atom. The molecule has 12 heavy (non-hydrogen) atoms. The van der Waals surface area contributed by atoms with Gasteiger partial charge in [-0.05, 0) is 11.6 Å². The van der Waals surface area contributed by atoms with Gasteiger partial charge in [0.25, 0.3) is 0 Å². The third-order valence-corrected chi connectivity index (χ3v) is 4.87. The highest BCUT2D eigenvalue weighted by Crippen LogP contribution is 2.57. The van der Waals surface area contributed by atoms with Crippen LogP contribution in [0.5, 0.6) is 5.75 Å². The summed E-state index contributed by atoms with van der Waals surface area (Å²) in [6.07, 6.45) is 0. The van der Waals surface area contributed by atoms with Crippen LogP contribution in [0.25, 0.3) is 0 Å². The Bertz CT molecular complexity index is 297. The maximum atomic E-state index is 5.24. The molecule has 2 rings (SSSR count). The predicted octanol–water partition coefficient (Wildman–Crippen LogP) is 3.58. The van der Waals surface area contributed by atoms with E-state index in [0.29, 0.717) is 9.65 Å². The van der Waals surface area contributed by atoms with Crippen LogP contribution in [0.2, 0.25) is 0 Å². The van der Waals surface area contributed by atoms with Gasteiger partial charge in [-0.1, -0.05) is 44.0 Å². The third kappa shape index (κ3) is 1.03. The average molecular weight is 292 g/mol. The fourth-order valence-corrected chi connectivity index (χ4v) is 2.92. The van der Waals surface area contributed by atoms with Crippen LogP contribution in [0.15, 0.2) is 18.2 Å². The fraction of sp³-hybridized carbons (Fsp3) is 0.333. The number of halogens is 2. The molecule has 0 aliphatic heterocycles. The van der Waals surface area contributed by atoms with Crippen LogP contribution in [0.3, 0.4) is 0 Å². The highest BCUT2D eigenvalue weighted by atomic mass is 79.9. The highest BCUT2D eigenvalue weighted by Gasteiger charge is 2.36. The largest absolute Gasteiger partial charge is 0.496 e. The van der Waals surface area contributed by atoms with Gasteiger partial charge in [0.1, 0.15) is 5.75 Å².